The van der Waals surface area contributed by atoms with Crippen molar-refractivity contribution in [2.24, 2.45) is 0 Å². The lowest BCUT2D eigenvalue weighted by Gasteiger charge is -2.37. The van der Waals surface area contributed by atoms with Gasteiger partial charge in [-0.1, -0.05) is 38.1 Å². The number of rotatable bonds is 5. The lowest BCUT2D eigenvalue weighted by molar-refractivity contribution is 0.1000. The summed E-state index contributed by atoms with van der Waals surface area (Å²) in [6, 6.07) is 10.2. The van der Waals surface area contributed by atoms with Crippen LogP contribution in [-0.4, -0.2) is 48.6 Å². The van der Waals surface area contributed by atoms with Crippen molar-refractivity contribution in [1.29, 1.82) is 0 Å². The molecular formula is C17H29N3. The molecule has 1 N–H and O–H groups in total. The van der Waals surface area contributed by atoms with Crippen molar-refractivity contribution in [3.05, 3.63) is 35.4 Å². The molecule has 0 amide bonds. The van der Waals surface area contributed by atoms with Crippen LogP contribution in [0.15, 0.2) is 24.3 Å². The predicted molar refractivity (Wildman–Crippen MR) is 85.8 cm³/mol. The van der Waals surface area contributed by atoms with Crippen LogP contribution < -0.4 is 5.32 Å². The van der Waals surface area contributed by atoms with E-state index in [1.54, 1.807) is 0 Å². The minimum absolute atomic E-state index is 0.539. The summed E-state index contributed by atoms with van der Waals surface area (Å²) in [7, 11) is 2.22. The summed E-state index contributed by atoms with van der Waals surface area (Å²) in [5.41, 5.74) is 2.82. The molecule has 112 valence electrons. The molecule has 2 rings (SSSR count). The fraction of sp³-hybridized carbons (Fsp3) is 0.647. The average molecular weight is 275 g/mol. The van der Waals surface area contributed by atoms with Crippen LogP contribution in [0.5, 0.6) is 0 Å². The first-order valence-electron chi connectivity index (χ1n) is 7.78. The standard InChI is InChI=1S/C17H29N3/c1-14(2)18-11-16-6-5-7-17(10-16)13-20-9-8-19(4)15(3)12-20/h5-7,10,14-15,18H,8-9,11-13H2,1-4H3. The van der Waals surface area contributed by atoms with Gasteiger partial charge in [0, 0.05) is 44.8 Å². The zero-order valence-corrected chi connectivity index (χ0v) is 13.4. The second kappa shape index (κ2) is 7.21. The molecule has 0 radical (unpaired) electrons. The second-order valence-electron chi connectivity index (χ2n) is 6.42. The highest BCUT2D eigenvalue weighted by atomic mass is 15.3. The first kappa shape index (κ1) is 15.5. The number of nitrogens with one attached hydrogen (secondary N) is 1. The molecule has 1 unspecified atom stereocenters. The fourth-order valence-corrected chi connectivity index (χ4v) is 2.69. The van der Waals surface area contributed by atoms with E-state index in [9.17, 15) is 0 Å². The molecule has 20 heavy (non-hydrogen) atoms. The number of benzene rings is 1. The summed E-state index contributed by atoms with van der Waals surface area (Å²) in [5, 5.41) is 3.49. The Morgan fingerprint density at radius 2 is 2.00 bits per heavy atom. The smallest absolute Gasteiger partial charge is 0.0235 e. The van der Waals surface area contributed by atoms with Gasteiger partial charge in [0.05, 0.1) is 0 Å². The van der Waals surface area contributed by atoms with Crippen molar-refractivity contribution in [3.63, 3.8) is 0 Å². The van der Waals surface area contributed by atoms with Crippen LogP contribution in [-0.2, 0) is 13.1 Å². The van der Waals surface area contributed by atoms with Crippen LogP contribution in [0.4, 0.5) is 0 Å². The normalized spacial score (nSPS) is 21.6. The molecule has 1 atom stereocenters. The summed E-state index contributed by atoms with van der Waals surface area (Å²) in [6.45, 7) is 12.3. The van der Waals surface area contributed by atoms with Gasteiger partial charge in [0.25, 0.3) is 0 Å². The molecule has 1 aliphatic heterocycles. The van der Waals surface area contributed by atoms with Crippen LogP contribution in [0.25, 0.3) is 0 Å². The summed E-state index contributed by atoms with van der Waals surface area (Å²) in [5.74, 6) is 0. The topological polar surface area (TPSA) is 18.5 Å². The fourth-order valence-electron chi connectivity index (χ4n) is 2.69. The van der Waals surface area contributed by atoms with E-state index in [0.717, 1.165) is 13.1 Å². The Bertz CT molecular complexity index is 416. The number of piperazine rings is 1. The van der Waals surface area contributed by atoms with Gasteiger partial charge in [-0.2, -0.15) is 0 Å². The number of hydrogen-bond acceptors (Lipinski definition) is 3. The molecule has 3 heteroatoms. The molecular weight excluding hydrogens is 246 g/mol. The highest BCUT2D eigenvalue weighted by molar-refractivity contribution is 5.23. The van der Waals surface area contributed by atoms with Gasteiger partial charge in [-0.15, -0.1) is 0 Å². The van der Waals surface area contributed by atoms with Gasteiger partial charge in [0.15, 0.2) is 0 Å². The van der Waals surface area contributed by atoms with Crippen molar-refractivity contribution in [3.8, 4) is 0 Å². The molecule has 0 bridgehead atoms. The van der Waals surface area contributed by atoms with E-state index in [2.05, 4.69) is 67.2 Å². The Hall–Kier alpha value is -0.900. The van der Waals surface area contributed by atoms with Crippen molar-refractivity contribution < 1.29 is 0 Å². The van der Waals surface area contributed by atoms with E-state index in [4.69, 9.17) is 0 Å². The number of nitrogens with zero attached hydrogens (tertiary/aromatic N) is 2. The second-order valence-corrected chi connectivity index (χ2v) is 6.42. The largest absolute Gasteiger partial charge is 0.310 e. The van der Waals surface area contributed by atoms with Crippen LogP contribution in [0, 0.1) is 0 Å². The third-order valence-electron chi connectivity index (χ3n) is 4.16. The first-order valence-corrected chi connectivity index (χ1v) is 7.78. The van der Waals surface area contributed by atoms with Gasteiger partial charge < -0.3 is 10.2 Å². The van der Waals surface area contributed by atoms with E-state index < -0.39 is 0 Å². The minimum Gasteiger partial charge on any atom is -0.310 e. The van der Waals surface area contributed by atoms with Gasteiger partial charge in [-0.05, 0) is 25.1 Å². The molecule has 1 heterocycles. The van der Waals surface area contributed by atoms with E-state index in [1.165, 1.54) is 30.8 Å². The number of hydrogen-bond donors (Lipinski definition) is 1. The van der Waals surface area contributed by atoms with E-state index in [0.29, 0.717) is 12.1 Å². The highest BCUT2D eigenvalue weighted by Gasteiger charge is 2.20. The molecule has 0 aliphatic carbocycles. The van der Waals surface area contributed by atoms with Gasteiger partial charge in [-0.3, -0.25) is 4.90 Å². The number of likely N-dealkylation sites (N-methyl/N-ethyl adjacent to an activating group) is 1. The maximum Gasteiger partial charge on any atom is 0.0235 e. The van der Waals surface area contributed by atoms with Crippen LogP contribution in [0.1, 0.15) is 31.9 Å². The van der Waals surface area contributed by atoms with Gasteiger partial charge >= 0.3 is 0 Å². The van der Waals surface area contributed by atoms with Crippen molar-refractivity contribution in [2.45, 2.75) is 45.9 Å². The van der Waals surface area contributed by atoms with Gasteiger partial charge in [0.2, 0.25) is 0 Å². The Labute approximate surface area is 124 Å². The monoisotopic (exact) mass is 275 g/mol. The maximum absolute atomic E-state index is 3.49. The van der Waals surface area contributed by atoms with Crippen molar-refractivity contribution in [2.75, 3.05) is 26.7 Å². The average Bonchev–Trinajstić information content (AvgIpc) is 2.41. The Morgan fingerprint density at radius 1 is 1.25 bits per heavy atom. The van der Waals surface area contributed by atoms with Gasteiger partial charge in [-0.25, -0.2) is 0 Å². The summed E-state index contributed by atoms with van der Waals surface area (Å²) in [4.78, 5) is 5.01. The quantitative estimate of drug-likeness (QED) is 0.890. The van der Waals surface area contributed by atoms with Crippen molar-refractivity contribution >= 4 is 0 Å². The third-order valence-corrected chi connectivity index (χ3v) is 4.16. The van der Waals surface area contributed by atoms with E-state index in [1.807, 2.05) is 0 Å². The molecule has 0 saturated carbocycles. The van der Waals surface area contributed by atoms with Crippen LogP contribution >= 0.6 is 0 Å². The zero-order valence-electron chi connectivity index (χ0n) is 13.4. The van der Waals surface area contributed by atoms with Crippen LogP contribution in [0.2, 0.25) is 0 Å². The van der Waals surface area contributed by atoms with E-state index >= 15 is 0 Å². The molecule has 1 fully saturated rings. The molecule has 3 nitrogen and oxygen atoms in total. The molecule has 0 aromatic heterocycles. The van der Waals surface area contributed by atoms with Gasteiger partial charge in [0.1, 0.15) is 0 Å². The molecule has 1 aromatic carbocycles. The highest BCUT2D eigenvalue weighted by Crippen LogP contribution is 2.13. The Morgan fingerprint density at radius 3 is 2.70 bits per heavy atom. The Balaban J connectivity index is 1.91. The third kappa shape index (κ3) is 4.58. The molecule has 1 aliphatic rings. The van der Waals surface area contributed by atoms with Crippen LogP contribution in [0.3, 0.4) is 0 Å². The first-order chi connectivity index (χ1) is 9.54. The van der Waals surface area contributed by atoms with E-state index in [-0.39, 0.29) is 0 Å². The lowest BCUT2D eigenvalue weighted by atomic mass is 10.1. The van der Waals surface area contributed by atoms with Crippen molar-refractivity contribution in [1.82, 2.24) is 15.1 Å². The zero-order chi connectivity index (χ0) is 14.5. The molecule has 0 spiro atoms. The SMILES string of the molecule is CC(C)NCc1cccc(CN2CCN(C)C(C)C2)c1. The Kier molecular flexibility index (Phi) is 5.58. The minimum atomic E-state index is 0.539. The summed E-state index contributed by atoms with van der Waals surface area (Å²) in [6.07, 6.45) is 0. The summed E-state index contributed by atoms with van der Waals surface area (Å²) < 4.78 is 0. The molecule has 1 saturated heterocycles. The predicted octanol–water partition coefficient (Wildman–Crippen LogP) is 2.32. The summed E-state index contributed by atoms with van der Waals surface area (Å²) >= 11 is 0. The molecule has 1 aromatic rings. The lowest BCUT2D eigenvalue weighted by Crippen LogP contribution is -2.49. The maximum atomic E-state index is 3.49.